The first-order chi connectivity index (χ1) is 3.83. The first kappa shape index (κ1) is 5.65. The van der Waals surface area contributed by atoms with E-state index in [2.05, 4.69) is 18.8 Å². The second-order valence-corrected chi connectivity index (χ2v) is 2.01. The lowest BCUT2D eigenvalue weighted by atomic mass is 10.1. The highest BCUT2D eigenvalue weighted by Gasteiger charge is 2.40. The molecule has 8 heavy (non-hydrogen) atoms. The van der Waals surface area contributed by atoms with Gasteiger partial charge in [0.25, 0.3) is 0 Å². The molecule has 0 aromatic heterocycles. The van der Waals surface area contributed by atoms with Crippen LogP contribution in [0.25, 0.3) is 0 Å². The number of rotatable bonds is 1. The molecule has 1 heterocycles. The maximum atomic E-state index is 5.11. The smallest absolute Gasteiger partial charge is 0.151 e. The molecule has 0 saturated carbocycles. The Bertz CT molecular complexity index is 134. The molecule has 0 spiro atoms. The van der Waals surface area contributed by atoms with Gasteiger partial charge in [0.15, 0.2) is 5.60 Å². The number of epoxide rings is 1. The van der Waals surface area contributed by atoms with Crippen LogP contribution in [0.1, 0.15) is 20.3 Å². The minimum Gasteiger partial charge on any atom is -0.356 e. The minimum absolute atomic E-state index is 0.0191. The maximum Gasteiger partial charge on any atom is 0.151 e. The maximum absolute atomic E-state index is 5.11. The Morgan fingerprint density at radius 3 is 2.50 bits per heavy atom. The second-order valence-electron chi connectivity index (χ2n) is 2.01. The Labute approximate surface area is 50.0 Å². The Morgan fingerprint density at radius 2 is 2.38 bits per heavy atom. The first-order valence-corrected chi connectivity index (χ1v) is 2.91. The molecule has 1 heteroatoms. The van der Waals surface area contributed by atoms with Crippen LogP contribution >= 0.6 is 0 Å². The summed E-state index contributed by atoms with van der Waals surface area (Å²) < 4.78 is 5.11. The standard InChI is InChI=1S/C7H10O/c1-3-5-7(4-2)6-8-7/h4,6H2,1-2H3. The molecule has 1 nitrogen and oxygen atoms in total. The summed E-state index contributed by atoms with van der Waals surface area (Å²) in [7, 11) is 0. The molecule has 1 atom stereocenters. The Morgan fingerprint density at radius 1 is 1.75 bits per heavy atom. The second kappa shape index (κ2) is 1.80. The third-order valence-corrected chi connectivity index (χ3v) is 1.42. The fourth-order valence-corrected chi connectivity index (χ4v) is 0.680. The quantitative estimate of drug-likeness (QED) is 0.365. The molecule has 0 aromatic carbocycles. The van der Waals surface area contributed by atoms with Crippen molar-refractivity contribution in [2.75, 3.05) is 6.61 Å². The molecule has 1 unspecified atom stereocenters. The molecular formula is C7H10O. The normalized spacial score (nSPS) is 33.2. The lowest BCUT2D eigenvalue weighted by Crippen LogP contribution is -2.03. The van der Waals surface area contributed by atoms with Crippen LogP contribution in [0.4, 0.5) is 0 Å². The van der Waals surface area contributed by atoms with Crippen molar-refractivity contribution in [1.82, 2.24) is 0 Å². The van der Waals surface area contributed by atoms with Gasteiger partial charge in [-0.05, 0) is 13.3 Å². The molecule has 1 fully saturated rings. The van der Waals surface area contributed by atoms with Crippen molar-refractivity contribution in [3.8, 4) is 11.8 Å². The summed E-state index contributed by atoms with van der Waals surface area (Å²) in [6, 6.07) is 0. The molecule has 1 saturated heterocycles. The molecule has 1 aliphatic rings. The molecule has 0 bridgehead atoms. The Kier molecular flexibility index (Phi) is 1.27. The lowest BCUT2D eigenvalue weighted by Gasteiger charge is -1.93. The van der Waals surface area contributed by atoms with E-state index in [9.17, 15) is 0 Å². The van der Waals surface area contributed by atoms with Gasteiger partial charge in [-0.1, -0.05) is 12.8 Å². The third-order valence-electron chi connectivity index (χ3n) is 1.42. The van der Waals surface area contributed by atoms with E-state index in [1.165, 1.54) is 0 Å². The van der Waals surface area contributed by atoms with Crippen molar-refractivity contribution in [3.63, 3.8) is 0 Å². The van der Waals surface area contributed by atoms with E-state index in [0.29, 0.717) is 0 Å². The van der Waals surface area contributed by atoms with Crippen molar-refractivity contribution in [2.24, 2.45) is 0 Å². The van der Waals surface area contributed by atoms with Gasteiger partial charge in [0.05, 0.1) is 6.61 Å². The fourth-order valence-electron chi connectivity index (χ4n) is 0.680. The van der Waals surface area contributed by atoms with Crippen molar-refractivity contribution < 1.29 is 4.74 Å². The highest BCUT2D eigenvalue weighted by atomic mass is 16.6. The highest BCUT2D eigenvalue weighted by molar-refractivity contribution is 5.19. The van der Waals surface area contributed by atoms with Crippen LogP contribution in [0.5, 0.6) is 0 Å². The summed E-state index contributed by atoms with van der Waals surface area (Å²) in [5.41, 5.74) is -0.0191. The van der Waals surface area contributed by atoms with E-state index in [-0.39, 0.29) is 5.60 Å². The van der Waals surface area contributed by atoms with Crippen molar-refractivity contribution in [3.05, 3.63) is 0 Å². The van der Waals surface area contributed by atoms with Crippen LogP contribution in [0.15, 0.2) is 0 Å². The number of ether oxygens (including phenoxy) is 1. The lowest BCUT2D eigenvalue weighted by molar-refractivity contribution is 0.353. The van der Waals surface area contributed by atoms with E-state index in [1.807, 2.05) is 6.92 Å². The summed E-state index contributed by atoms with van der Waals surface area (Å²) in [5, 5.41) is 0. The zero-order chi connectivity index (χ0) is 6.04. The van der Waals surface area contributed by atoms with Gasteiger partial charge < -0.3 is 4.74 Å². The van der Waals surface area contributed by atoms with Crippen molar-refractivity contribution in [1.29, 1.82) is 0 Å². The average Bonchev–Trinajstić information content (AvgIpc) is 2.50. The van der Waals surface area contributed by atoms with Gasteiger partial charge in [-0.3, -0.25) is 0 Å². The summed E-state index contributed by atoms with van der Waals surface area (Å²) >= 11 is 0. The van der Waals surface area contributed by atoms with E-state index in [1.54, 1.807) is 0 Å². The number of hydrogen-bond donors (Lipinski definition) is 0. The van der Waals surface area contributed by atoms with E-state index < -0.39 is 0 Å². The number of hydrogen-bond acceptors (Lipinski definition) is 1. The monoisotopic (exact) mass is 110 g/mol. The van der Waals surface area contributed by atoms with Gasteiger partial charge in [0.2, 0.25) is 0 Å². The Hall–Kier alpha value is -0.480. The molecule has 1 aliphatic heterocycles. The van der Waals surface area contributed by atoms with Crippen LogP contribution in [0, 0.1) is 11.8 Å². The van der Waals surface area contributed by atoms with Gasteiger partial charge in [-0.25, -0.2) is 0 Å². The molecule has 1 rings (SSSR count). The van der Waals surface area contributed by atoms with E-state index >= 15 is 0 Å². The van der Waals surface area contributed by atoms with Crippen molar-refractivity contribution >= 4 is 0 Å². The first-order valence-electron chi connectivity index (χ1n) is 2.91. The predicted molar refractivity (Wildman–Crippen MR) is 32.4 cm³/mol. The van der Waals surface area contributed by atoms with Gasteiger partial charge in [-0.15, -0.1) is 5.92 Å². The van der Waals surface area contributed by atoms with Gasteiger partial charge in [0, 0.05) is 0 Å². The molecule has 0 aliphatic carbocycles. The van der Waals surface area contributed by atoms with Crippen LogP contribution in [0.3, 0.4) is 0 Å². The largest absolute Gasteiger partial charge is 0.356 e. The zero-order valence-corrected chi connectivity index (χ0v) is 5.32. The van der Waals surface area contributed by atoms with E-state index in [0.717, 1.165) is 13.0 Å². The molecule has 0 radical (unpaired) electrons. The third kappa shape index (κ3) is 0.850. The molecular weight excluding hydrogens is 100 g/mol. The summed E-state index contributed by atoms with van der Waals surface area (Å²) in [5.74, 6) is 5.86. The van der Waals surface area contributed by atoms with Gasteiger partial charge >= 0.3 is 0 Å². The highest BCUT2D eigenvalue weighted by Crippen LogP contribution is 2.28. The average molecular weight is 110 g/mol. The topological polar surface area (TPSA) is 12.5 Å². The van der Waals surface area contributed by atoms with E-state index in [4.69, 9.17) is 4.74 Å². The summed E-state index contributed by atoms with van der Waals surface area (Å²) in [6.07, 6.45) is 1.02. The van der Waals surface area contributed by atoms with Crippen LogP contribution in [0.2, 0.25) is 0 Å². The van der Waals surface area contributed by atoms with Crippen LogP contribution in [-0.2, 0) is 4.74 Å². The molecule has 44 valence electrons. The predicted octanol–water partition coefficient (Wildman–Crippen LogP) is 1.19. The summed E-state index contributed by atoms with van der Waals surface area (Å²) in [6.45, 7) is 4.78. The van der Waals surface area contributed by atoms with Crippen LogP contribution < -0.4 is 0 Å². The molecule has 0 amide bonds. The summed E-state index contributed by atoms with van der Waals surface area (Å²) in [4.78, 5) is 0. The SMILES string of the molecule is CC#CC1(CC)CO1. The fraction of sp³-hybridized carbons (Fsp3) is 0.714. The van der Waals surface area contributed by atoms with Gasteiger partial charge in [-0.2, -0.15) is 0 Å². The molecule has 0 aromatic rings. The van der Waals surface area contributed by atoms with Crippen molar-refractivity contribution in [2.45, 2.75) is 25.9 Å². The van der Waals surface area contributed by atoms with Gasteiger partial charge in [0.1, 0.15) is 0 Å². The minimum atomic E-state index is -0.0191. The molecule has 0 N–H and O–H groups in total. The zero-order valence-electron chi connectivity index (χ0n) is 5.32. The Balaban J connectivity index is 2.49. The van der Waals surface area contributed by atoms with Crippen LogP contribution in [-0.4, -0.2) is 12.2 Å².